The molecule has 0 unspecified atom stereocenters. The summed E-state index contributed by atoms with van der Waals surface area (Å²) in [7, 11) is 7.57. The van der Waals surface area contributed by atoms with Crippen molar-refractivity contribution in [3.8, 4) is 62.7 Å². The van der Waals surface area contributed by atoms with Gasteiger partial charge in [-0.15, -0.1) is 30.6 Å². The third kappa shape index (κ3) is 19.5. The lowest BCUT2D eigenvalue weighted by Crippen LogP contribution is -2.06. The van der Waals surface area contributed by atoms with Gasteiger partial charge in [0.25, 0.3) is 17.1 Å². The highest BCUT2D eigenvalue weighted by molar-refractivity contribution is 5.99. The molecule has 1 aliphatic carbocycles. The number of nitrogen functional groups attached to an aromatic ring is 1. The highest BCUT2D eigenvalue weighted by Crippen LogP contribution is 2.39. The lowest BCUT2D eigenvalue weighted by molar-refractivity contribution is -0.385. The van der Waals surface area contributed by atoms with Gasteiger partial charge in [0.1, 0.15) is 63.7 Å². The van der Waals surface area contributed by atoms with Gasteiger partial charge < -0.3 is 43.8 Å². The number of nitro groups is 3. The number of anilines is 1. The Morgan fingerprint density at radius 2 is 1.02 bits per heavy atom. The van der Waals surface area contributed by atoms with Crippen LogP contribution in [0.1, 0.15) is 70.0 Å². The number of nitro benzene ring substituents is 3. The van der Waals surface area contributed by atoms with Crippen molar-refractivity contribution < 1.29 is 71.2 Å². The molecule has 0 saturated carbocycles. The summed E-state index contributed by atoms with van der Waals surface area (Å²) in [5.74, 6) is 5.68. The minimum atomic E-state index is -0.865. The number of hydrogen-bond acceptors (Lipinski definition) is 24. The molecule has 4 heterocycles. The quantitative estimate of drug-likeness (QED) is 0.0281. The summed E-state index contributed by atoms with van der Waals surface area (Å²) in [6.45, 7) is 17.4. The number of aromatic nitrogens is 10. The summed E-state index contributed by atoms with van der Waals surface area (Å²) in [4.78, 5) is 52.6. The van der Waals surface area contributed by atoms with Crippen molar-refractivity contribution in [3.05, 3.63) is 227 Å². The van der Waals surface area contributed by atoms with E-state index in [9.17, 15) is 48.7 Å². The monoisotopic (exact) mass is 1380 g/mol. The Kier molecular flexibility index (Phi) is 26.9. The average Bonchev–Trinajstić information content (AvgIpc) is 1.60. The molecule has 30 nitrogen and oxygen atoms in total. The number of hydrogen-bond donors (Lipinski definition) is 2. The van der Waals surface area contributed by atoms with E-state index >= 15 is 0 Å². The average molecular weight is 1380 g/mol. The lowest BCUT2D eigenvalue weighted by atomic mass is 9.91. The summed E-state index contributed by atoms with van der Waals surface area (Å²) in [6.07, 6.45) is 7.05. The first kappa shape index (κ1) is 76.2. The van der Waals surface area contributed by atoms with Gasteiger partial charge >= 0.3 is 0 Å². The molecule has 0 amide bonds. The van der Waals surface area contributed by atoms with Gasteiger partial charge in [0.2, 0.25) is 0 Å². The number of ketones is 2. The predicted octanol–water partition coefficient (Wildman–Crippen LogP) is 12.1. The molecule has 11 rings (SSSR count). The number of nitrogens with zero attached hydrogens (tertiary/aromatic N) is 13. The van der Waals surface area contributed by atoms with Gasteiger partial charge in [-0.3, -0.25) is 53.6 Å². The molecule has 6 aromatic carbocycles. The third-order valence-corrected chi connectivity index (χ3v) is 14.5. The Balaban J connectivity index is 0.000000192. The van der Waals surface area contributed by atoms with Crippen LogP contribution in [0.2, 0.25) is 0 Å². The number of methoxy groups -OCH3 is 5. The number of rotatable bonds is 17. The second-order valence-corrected chi connectivity index (χ2v) is 21.2. The van der Waals surface area contributed by atoms with Gasteiger partial charge in [0.05, 0.1) is 110 Å². The first-order chi connectivity index (χ1) is 47.6. The van der Waals surface area contributed by atoms with E-state index < -0.39 is 32.2 Å². The van der Waals surface area contributed by atoms with Crippen LogP contribution in [0.15, 0.2) is 126 Å². The van der Waals surface area contributed by atoms with Crippen LogP contribution < -0.4 is 29.4 Å². The molecule has 0 atom stereocenters. The van der Waals surface area contributed by atoms with Crippen molar-refractivity contribution in [2.24, 2.45) is 0 Å². The number of halogens is 2. The van der Waals surface area contributed by atoms with Crippen LogP contribution >= 0.6 is 0 Å². The Morgan fingerprint density at radius 3 is 1.48 bits per heavy atom. The van der Waals surface area contributed by atoms with Crippen molar-refractivity contribution in [1.82, 2.24) is 49.5 Å². The van der Waals surface area contributed by atoms with Gasteiger partial charge in [-0.1, -0.05) is 17.3 Å². The third-order valence-electron chi connectivity index (χ3n) is 14.5. The first-order valence-electron chi connectivity index (χ1n) is 30.0. The molecule has 0 saturated heterocycles. The summed E-state index contributed by atoms with van der Waals surface area (Å²) in [6, 6.07) is 25.3. The fourth-order valence-electron chi connectivity index (χ4n) is 9.78. The minimum absolute atomic E-state index is 0.0148. The molecular weight excluding hydrogens is 1310 g/mol. The van der Waals surface area contributed by atoms with Crippen LogP contribution in [0, 0.1) is 97.4 Å². The topological polar surface area (TPSA) is 383 Å². The van der Waals surface area contributed by atoms with Gasteiger partial charge in [0.15, 0.2) is 34.7 Å². The van der Waals surface area contributed by atoms with E-state index in [1.807, 2.05) is 106 Å². The number of fused-ring (bicyclic) bond motifs is 1. The zero-order valence-electron chi connectivity index (χ0n) is 57.0. The maximum Gasteiger partial charge on any atom is 0.273 e. The SMILES string of the molecule is CCO/C=C/C(=O)Cc1ccc(-n2c(C)nnc2C)c(OC)c1.COc1cc(N)ccc1-n1c(C)nnc1C.COc1cc([N+](=O)[O-])ccc1-n1c(C)nnc1C.COc1cc([N+](=O)[O-])ccc1F.COc1cc2c(cc1-c1c(C)noc1C)C=CC(=O)C2.O=[N+]([O-])c1ccc(F)c(O)c1. The molecule has 1 aliphatic rings. The number of ether oxygens (including phenoxy) is 6. The normalized spacial score (nSPS) is 10.9. The van der Waals surface area contributed by atoms with E-state index in [1.54, 1.807) is 58.0 Å². The number of allylic oxidation sites excluding steroid dienone is 2. The molecule has 10 aromatic rings. The highest BCUT2D eigenvalue weighted by Gasteiger charge is 2.22. The molecule has 4 aromatic heterocycles. The van der Waals surface area contributed by atoms with E-state index in [0.717, 1.165) is 116 Å². The van der Waals surface area contributed by atoms with E-state index in [0.29, 0.717) is 59.7 Å². The van der Waals surface area contributed by atoms with Gasteiger partial charge in [0, 0.05) is 54.4 Å². The molecule has 0 bridgehead atoms. The second-order valence-electron chi connectivity index (χ2n) is 21.2. The largest absolute Gasteiger partial charge is 0.505 e. The number of benzene rings is 6. The Morgan fingerprint density at radius 1 is 0.580 bits per heavy atom. The number of non-ortho nitro benzene ring substituents is 3. The van der Waals surface area contributed by atoms with Crippen LogP contribution in [0.5, 0.6) is 34.5 Å². The van der Waals surface area contributed by atoms with Crippen LogP contribution in [0.3, 0.4) is 0 Å². The molecule has 100 heavy (non-hydrogen) atoms. The Labute approximate surface area is 571 Å². The van der Waals surface area contributed by atoms with Crippen LogP contribution in [-0.2, 0) is 27.2 Å². The molecular formula is C68H72F2N14O16. The summed E-state index contributed by atoms with van der Waals surface area (Å²) in [5.41, 5.74) is 13.9. The summed E-state index contributed by atoms with van der Waals surface area (Å²) >= 11 is 0. The van der Waals surface area contributed by atoms with Crippen LogP contribution in [-0.4, -0.2) is 123 Å². The standard InChI is InChI=1S/C17H21N3O3.C16H15NO3.C11H12N4O3.C11H14N4O.C7H6FNO3.C6H4FNO3/c1-5-23-9-8-15(21)10-14-6-7-16(17(11-14)22-4)20-12(2)18-19-13(20)3;1-9-16(10(2)20-17-9)14-7-11-4-5-13(18)6-12(11)8-15(14)19-3;1-7-12-13-8(2)14(7)10-5-4-9(15(16)17)6-11(10)18-3;1-7-13-14-8(2)15(7)10-5-4-9(12)6-11(10)16-3;1-12-7-4-5(9(10)11)2-3-6(7)8;7-5-2-1-4(8(10)11)3-6(5)9/h6-9,11H,5,10H2,1-4H3;4-5,7-8H,6H2,1-3H3;4-6H,1-3H3;4-6H,12H2,1-3H3;2-4H,1H3;1-3,9H/b9-8+;;;;;. The number of aryl methyl sites for hydroxylation is 8. The maximum atomic E-state index is 12.7. The number of aromatic hydroxyl groups is 1. The van der Waals surface area contributed by atoms with Gasteiger partial charge in [-0.25, -0.2) is 8.78 Å². The van der Waals surface area contributed by atoms with E-state index in [4.69, 9.17) is 39.0 Å². The maximum absolute atomic E-state index is 12.7. The molecule has 0 radical (unpaired) electrons. The van der Waals surface area contributed by atoms with Gasteiger partial charge in [-0.2, -0.15) is 0 Å². The molecule has 0 spiro atoms. The fraction of sp³-hybridized carbons (Fsp3) is 0.250. The predicted molar refractivity (Wildman–Crippen MR) is 363 cm³/mol. The van der Waals surface area contributed by atoms with Crippen molar-refractivity contribution >= 4 is 40.4 Å². The number of carbonyl (C=O) groups excluding carboxylic acids is 2. The van der Waals surface area contributed by atoms with Crippen molar-refractivity contribution in [1.29, 1.82) is 0 Å². The molecule has 0 aliphatic heterocycles. The summed E-state index contributed by atoms with van der Waals surface area (Å²) in [5, 5.41) is 67.7. The van der Waals surface area contributed by atoms with E-state index in [-0.39, 0.29) is 34.4 Å². The van der Waals surface area contributed by atoms with Crippen LogP contribution in [0.4, 0.5) is 31.5 Å². The summed E-state index contributed by atoms with van der Waals surface area (Å²) < 4.78 is 66.9. The lowest BCUT2D eigenvalue weighted by Gasteiger charge is -2.15. The van der Waals surface area contributed by atoms with Crippen molar-refractivity contribution in [2.45, 2.75) is 75.2 Å². The second kappa shape index (κ2) is 35.3. The van der Waals surface area contributed by atoms with E-state index in [2.05, 4.69) is 40.5 Å². The number of nitrogens with two attached hydrogens (primary N) is 1. The van der Waals surface area contributed by atoms with Crippen molar-refractivity contribution in [2.75, 3.05) is 47.9 Å². The number of carbonyl (C=O) groups is 2. The molecule has 524 valence electrons. The fourth-order valence-corrected chi connectivity index (χ4v) is 9.78. The molecule has 3 N–H and O–H groups in total. The zero-order valence-corrected chi connectivity index (χ0v) is 57.0. The number of phenolic OH excluding ortho intramolecular Hbond substituents is 1. The zero-order chi connectivity index (χ0) is 73.7. The number of phenols is 1. The first-order valence-corrected chi connectivity index (χ1v) is 30.0. The Bertz CT molecular complexity index is 4580. The molecule has 0 fully saturated rings. The van der Waals surface area contributed by atoms with Crippen molar-refractivity contribution in [3.63, 3.8) is 0 Å². The molecule has 32 heteroatoms. The minimum Gasteiger partial charge on any atom is -0.505 e. The Hall–Kier alpha value is -12.8. The smallest absolute Gasteiger partial charge is 0.273 e. The highest BCUT2D eigenvalue weighted by atomic mass is 19.1. The van der Waals surface area contributed by atoms with E-state index in [1.165, 1.54) is 38.7 Å². The van der Waals surface area contributed by atoms with Crippen LogP contribution in [0.25, 0.3) is 34.3 Å². The van der Waals surface area contributed by atoms with Gasteiger partial charge in [-0.05, 0) is 140 Å².